The van der Waals surface area contributed by atoms with Crippen molar-refractivity contribution in [2.24, 2.45) is 10.3 Å². The Hall–Kier alpha value is -1.84. The molecule has 0 aliphatic heterocycles. The van der Waals surface area contributed by atoms with E-state index in [-0.39, 0.29) is 5.71 Å². The van der Waals surface area contributed by atoms with Crippen molar-refractivity contribution in [1.29, 1.82) is 0 Å². The van der Waals surface area contributed by atoms with Crippen molar-refractivity contribution in [2.45, 2.75) is 64.7 Å². The van der Waals surface area contributed by atoms with Crippen molar-refractivity contribution in [3.05, 3.63) is 35.4 Å². The minimum Gasteiger partial charge on any atom is -0.411 e. The third-order valence-electron chi connectivity index (χ3n) is 3.86. The molecule has 0 aromatic heterocycles. The van der Waals surface area contributed by atoms with E-state index in [4.69, 9.17) is 10.4 Å². The molecule has 0 saturated carbocycles. The summed E-state index contributed by atoms with van der Waals surface area (Å²) in [5.74, 6) is 0. The van der Waals surface area contributed by atoms with E-state index < -0.39 is 0 Å². The standard InChI is InChI=1S/C18H28N2O2/c1-2-3-4-5-6-7-8-9-10-16-11-13-17(14-12-16)18(20-22)15-19-21/h11-15,21-22H,2-10H2,1H3/b19-15+,20-18+. The van der Waals surface area contributed by atoms with E-state index >= 15 is 0 Å². The summed E-state index contributed by atoms with van der Waals surface area (Å²) in [7, 11) is 0. The fourth-order valence-electron chi connectivity index (χ4n) is 2.52. The third-order valence-corrected chi connectivity index (χ3v) is 3.86. The van der Waals surface area contributed by atoms with Crippen LogP contribution in [0, 0.1) is 0 Å². The Labute approximate surface area is 133 Å². The van der Waals surface area contributed by atoms with Crippen LogP contribution in [0.4, 0.5) is 0 Å². The highest BCUT2D eigenvalue weighted by Gasteiger charge is 2.02. The normalized spacial score (nSPS) is 12.1. The number of hydrogen-bond donors (Lipinski definition) is 2. The Morgan fingerprint density at radius 3 is 2.05 bits per heavy atom. The van der Waals surface area contributed by atoms with Crippen LogP contribution in [-0.4, -0.2) is 22.3 Å². The first-order valence-corrected chi connectivity index (χ1v) is 8.30. The summed E-state index contributed by atoms with van der Waals surface area (Å²) in [5.41, 5.74) is 2.27. The quantitative estimate of drug-likeness (QED) is 0.261. The number of benzene rings is 1. The largest absolute Gasteiger partial charge is 0.411 e. The van der Waals surface area contributed by atoms with Gasteiger partial charge in [-0.05, 0) is 18.4 Å². The molecule has 0 atom stereocenters. The van der Waals surface area contributed by atoms with Gasteiger partial charge in [0, 0.05) is 5.56 Å². The van der Waals surface area contributed by atoms with E-state index in [2.05, 4.69) is 17.2 Å². The number of rotatable bonds is 11. The molecule has 0 radical (unpaired) electrons. The molecule has 0 aliphatic carbocycles. The smallest absolute Gasteiger partial charge is 0.131 e. The van der Waals surface area contributed by atoms with Gasteiger partial charge >= 0.3 is 0 Å². The van der Waals surface area contributed by atoms with Crippen LogP contribution >= 0.6 is 0 Å². The summed E-state index contributed by atoms with van der Waals surface area (Å²) in [6.45, 7) is 2.25. The van der Waals surface area contributed by atoms with Crippen LogP contribution in [-0.2, 0) is 6.42 Å². The first-order valence-electron chi connectivity index (χ1n) is 8.30. The van der Waals surface area contributed by atoms with Crippen LogP contribution in [0.1, 0.15) is 69.4 Å². The predicted octanol–water partition coefficient (Wildman–Crippen LogP) is 5.01. The highest BCUT2D eigenvalue weighted by atomic mass is 16.4. The number of hydrogen-bond acceptors (Lipinski definition) is 4. The molecule has 122 valence electrons. The van der Waals surface area contributed by atoms with Crippen molar-refractivity contribution in [3.63, 3.8) is 0 Å². The number of oxime groups is 2. The Bertz CT molecular complexity index is 453. The number of aryl methyl sites for hydroxylation is 1. The van der Waals surface area contributed by atoms with Crippen LogP contribution in [0.25, 0.3) is 0 Å². The highest BCUT2D eigenvalue weighted by Crippen LogP contribution is 2.12. The molecule has 4 heteroatoms. The first-order chi connectivity index (χ1) is 10.8. The Kier molecular flexibility index (Phi) is 9.75. The molecule has 1 rings (SSSR count). The van der Waals surface area contributed by atoms with Gasteiger partial charge in [0.2, 0.25) is 0 Å². The van der Waals surface area contributed by atoms with Gasteiger partial charge in [0.1, 0.15) is 5.71 Å². The lowest BCUT2D eigenvalue weighted by atomic mass is 10.0. The summed E-state index contributed by atoms with van der Waals surface area (Å²) in [4.78, 5) is 0. The Morgan fingerprint density at radius 2 is 1.50 bits per heavy atom. The van der Waals surface area contributed by atoms with E-state index in [9.17, 15) is 0 Å². The summed E-state index contributed by atoms with van der Waals surface area (Å²) >= 11 is 0. The molecular weight excluding hydrogens is 276 g/mol. The predicted molar refractivity (Wildman–Crippen MR) is 91.4 cm³/mol. The van der Waals surface area contributed by atoms with E-state index in [1.165, 1.54) is 56.9 Å². The summed E-state index contributed by atoms with van der Waals surface area (Å²) in [6.07, 6.45) is 12.8. The molecule has 2 N–H and O–H groups in total. The maximum Gasteiger partial charge on any atom is 0.131 e. The average Bonchev–Trinajstić information content (AvgIpc) is 2.56. The van der Waals surface area contributed by atoms with Gasteiger partial charge in [0.05, 0.1) is 6.21 Å². The molecule has 1 aromatic carbocycles. The zero-order valence-electron chi connectivity index (χ0n) is 13.5. The van der Waals surface area contributed by atoms with Crippen LogP contribution in [0.5, 0.6) is 0 Å². The van der Waals surface area contributed by atoms with Gasteiger partial charge in [0.25, 0.3) is 0 Å². The van der Waals surface area contributed by atoms with Gasteiger partial charge in [-0.3, -0.25) is 0 Å². The summed E-state index contributed by atoms with van der Waals surface area (Å²) in [5, 5.41) is 23.3. The number of nitrogens with zero attached hydrogens (tertiary/aromatic N) is 2. The minimum absolute atomic E-state index is 0.251. The third kappa shape index (κ3) is 7.25. The average molecular weight is 304 g/mol. The molecule has 0 spiro atoms. The zero-order chi connectivity index (χ0) is 16.0. The Balaban J connectivity index is 2.24. The second kappa shape index (κ2) is 11.8. The van der Waals surface area contributed by atoms with E-state index in [1.807, 2.05) is 24.3 Å². The molecule has 0 saturated heterocycles. The maximum atomic E-state index is 8.84. The molecule has 4 nitrogen and oxygen atoms in total. The lowest BCUT2D eigenvalue weighted by Gasteiger charge is -2.04. The fraction of sp³-hybridized carbons (Fsp3) is 0.556. The molecule has 0 unspecified atom stereocenters. The fourth-order valence-corrected chi connectivity index (χ4v) is 2.52. The molecule has 0 aliphatic rings. The molecule has 0 bridgehead atoms. The second-order valence-electron chi connectivity index (χ2n) is 5.65. The molecule has 1 aromatic rings. The van der Waals surface area contributed by atoms with Gasteiger partial charge in [-0.1, -0.05) is 86.4 Å². The summed E-state index contributed by atoms with van der Waals surface area (Å²) < 4.78 is 0. The van der Waals surface area contributed by atoms with Gasteiger partial charge in [0.15, 0.2) is 0 Å². The maximum absolute atomic E-state index is 8.84. The lowest BCUT2D eigenvalue weighted by Crippen LogP contribution is -2.02. The molecular formula is C18H28N2O2. The molecule has 0 fully saturated rings. The van der Waals surface area contributed by atoms with Crippen molar-refractivity contribution in [1.82, 2.24) is 0 Å². The van der Waals surface area contributed by atoms with Gasteiger partial charge in [-0.25, -0.2) is 0 Å². The van der Waals surface area contributed by atoms with Crippen molar-refractivity contribution in [3.8, 4) is 0 Å². The topological polar surface area (TPSA) is 65.2 Å². The highest BCUT2D eigenvalue weighted by molar-refractivity contribution is 6.37. The zero-order valence-corrected chi connectivity index (χ0v) is 13.5. The van der Waals surface area contributed by atoms with Crippen LogP contribution in [0.15, 0.2) is 34.6 Å². The monoisotopic (exact) mass is 304 g/mol. The van der Waals surface area contributed by atoms with Crippen molar-refractivity contribution < 1.29 is 10.4 Å². The lowest BCUT2D eigenvalue weighted by molar-refractivity contribution is 0.316. The van der Waals surface area contributed by atoms with E-state index in [0.29, 0.717) is 0 Å². The van der Waals surface area contributed by atoms with Gasteiger partial charge < -0.3 is 10.4 Å². The van der Waals surface area contributed by atoms with Crippen LogP contribution in [0.2, 0.25) is 0 Å². The summed E-state index contributed by atoms with van der Waals surface area (Å²) in [6, 6.07) is 7.84. The molecule has 0 heterocycles. The van der Waals surface area contributed by atoms with Crippen molar-refractivity contribution >= 4 is 11.9 Å². The minimum atomic E-state index is 0.251. The molecule has 0 amide bonds. The van der Waals surface area contributed by atoms with Gasteiger partial charge in [-0.15, -0.1) is 0 Å². The Morgan fingerprint density at radius 1 is 0.909 bits per heavy atom. The van der Waals surface area contributed by atoms with E-state index in [1.54, 1.807) is 0 Å². The van der Waals surface area contributed by atoms with E-state index in [0.717, 1.165) is 18.2 Å². The van der Waals surface area contributed by atoms with Crippen LogP contribution < -0.4 is 0 Å². The van der Waals surface area contributed by atoms with Gasteiger partial charge in [-0.2, -0.15) is 0 Å². The number of unbranched alkanes of at least 4 members (excludes halogenated alkanes) is 7. The van der Waals surface area contributed by atoms with Crippen molar-refractivity contribution in [2.75, 3.05) is 0 Å². The van der Waals surface area contributed by atoms with Crippen LogP contribution in [0.3, 0.4) is 0 Å². The SMILES string of the molecule is CCCCCCCCCCc1ccc(C(/C=N/O)=N/O)cc1. The first kappa shape index (κ1) is 18.2. The second-order valence-corrected chi connectivity index (χ2v) is 5.65. The molecule has 22 heavy (non-hydrogen) atoms.